The third-order valence-electron chi connectivity index (χ3n) is 3.59. The predicted octanol–water partition coefficient (Wildman–Crippen LogP) is 0.877. The van der Waals surface area contributed by atoms with Gasteiger partial charge in [-0.3, -0.25) is 9.48 Å². The number of aliphatic carboxylic acids is 1. The summed E-state index contributed by atoms with van der Waals surface area (Å²) in [4.78, 5) is 10.8. The minimum Gasteiger partial charge on any atom is -0.481 e. The Morgan fingerprint density at radius 2 is 2.16 bits per heavy atom. The maximum atomic E-state index is 11.7. The molecular weight excluding hydrogens is 268 g/mol. The molecule has 1 atom stereocenters. The lowest BCUT2D eigenvalue weighted by atomic mass is 10.1. The molecule has 0 radical (unpaired) electrons. The summed E-state index contributed by atoms with van der Waals surface area (Å²) >= 11 is 0. The highest BCUT2D eigenvalue weighted by Crippen LogP contribution is 2.26. The van der Waals surface area contributed by atoms with Gasteiger partial charge >= 0.3 is 5.97 Å². The highest BCUT2D eigenvalue weighted by molar-refractivity contribution is 7.91. The van der Waals surface area contributed by atoms with Gasteiger partial charge in [-0.1, -0.05) is 0 Å². The van der Waals surface area contributed by atoms with E-state index in [1.807, 2.05) is 0 Å². The first-order valence-electron chi connectivity index (χ1n) is 6.27. The van der Waals surface area contributed by atoms with Crippen LogP contribution in [0.3, 0.4) is 0 Å². The number of carboxylic acid groups (broad SMARTS) is 1. The van der Waals surface area contributed by atoms with E-state index < -0.39 is 15.8 Å². The molecule has 2 rings (SSSR count). The van der Waals surface area contributed by atoms with Crippen molar-refractivity contribution in [3.8, 4) is 0 Å². The standard InChI is InChI=1S/C12H18N2O4S/c1-8-11(6-12(15)16)9(2)14(13-8)10-4-3-5-19(17,18)7-10/h10H,3-7H2,1-2H3,(H,15,16). The van der Waals surface area contributed by atoms with Crippen molar-refractivity contribution in [2.45, 2.75) is 39.2 Å². The monoisotopic (exact) mass is 286 g/mol. The Morgan fingerprint density at radius 1 is 1.47 bits per heavy atom. The first-order chi connectivity index (χ1) is 8.80. The molecule has 1 aromatic heterocycles. The molecule has 7 heteroatoms. The van der Waals surface area contributed by atoms with Crippen LogP contribution >= 0.6 is 0 Å². The summed E-state index contributed by atoms with van der Waals surface area (Å²) in [5.41, 5.74) is 2.13. The average molecular weight is 286 g/mol. The van der Waals surface area contributed by atoms with Crippen LogP contribution in [0, 0.1) is 13.8 Å². The van der Waals surface area contributed by atoms with Crippen molar-refractivity contribution in [2.24, 2.45) is 0 Å². The van der Waals surface area contributed by atoms with E-state index in [9.17, 15) is 13.2 Å². The van der Waals surface area contributed by atoms with Crippen LogP contribution in [0.1, 0.15) is 35.8 Å². The Morgan fingerprint density at radius 3 is 2.74 bits per heavy atom. The van der Waals surface area contributed by atoms with Gasteiger partial charge < -0.3 is 5.11 Å². The number of sulfone groups is 1. The molecule has 1 aliphatic heterocycles. The van der Waals surface area contributed by atoms with Crippen LogP contribution in [0.4, 0.5) is 0 Å². The summed E-state index contributed by atoms with van der Waals surface area (Å²) in [6.07, 6.45) is 1.34. The minimum atomic E-state index is -3.00. The van der Waals surface area contributed by atoms with Crippen molar-refractivity contribution >= 4 is 15.8 Å². The summed E-state index contributed by atoms with van der Waals surface area (Å²) < 4.78 is 25.1. The van der Waals surface area contributed by atoms with Crippen LogP contribution in [0.25, 0.3) is 0 Å². The summed E-state index contributed by atoms with van der Waals surface area (Å²) in [6, 6.07) is -0.167. The highest BCUT2D eigenvalue weighted by Gasteiger charge is 2.28. The molecule has 1 fully saturated rings. The SMILES string of the molecule is Cc1nn(C2CCCS(=O)(=O)C2)c(C)c1CC(=O)O. The van der Waals surface area contributed by atoms with E-state index in [1.54, 1.807) is 18.5 Å². The summed E-state index contributed by atoms with van der Waals surface area (Å²) in [6.45, 7) is 3.57. The molecule has 1 aromatic rings. The number of hydrogen-bond donors (Lipinski definition) is 1. The smallest absolute Gasteiger partial charge is 0.307 e. The molecule has 0 amide bonds. The number of rotatable bonds is 3. The van der Waals surface area contributed by atoms with Crippen molar-refractivity contribution in [3.05, 3.63) is 17.0 Å². The van der Waals surface area contributed by atoms with E-state index in [0.717, 1.165) is 12.1 Å². The maximum absolute atomic E-state index is 11.7. The van der Waals surface area contributed by atoms with Gasteiger partial charge in [0.2, 0.25) is 0 Å². The van der Waals surface area contributed by atoms with Gasteiger partial charge in [-0.25, -0.2) is 8.42 Å². The van der Waals surface area contributed by atoms with Gasteiger partial charge in [-0.05, 0) is 26.7 Å². The Bertz CT molecular complexity index is 603. The van der Waals surface area contributed by atoms with Crippen LogP contribution in [-0.4, -0.2) is 40.8 Å². The van der Waals surface area contributed by atoms with Crippen molar-refractivity contribution in [2.75, 3.05) is 11.5 Å². The lowest BCUT2D eigenvalue weighted by molar-refractivity contribution is -0.136. The van der Waals surface area contributed by atoms with Gasteiger partial charge in [0.25, 0.3) is 0 Å². The van der Waals surface area contributed by atoms with Crippen molar-refractivity contribution in [1.82, 2.24) is 9.78 Å². The number of hydrogen-bond acceptors (Lipinski definition) is 4. The topological polar surface area (TPSA) is 89.3 Å². The fraction of sp³-hybridized carbons (Fsp3) is 0.667. The normalized spacial score (nSPS) is 22.3. The minimum absolute atomic E-state index is 0.0723. The second kappa shape index (κ2) is 4.96. The lowest BCUT2D eigenvalue weighted by Gasteiger charge is -2.23. The van der Waals surface area contributed by atoms with Gasteiger partial charge in [0, 0.05) is 11.3 Å². The van der Waals surface area contributed by atoms with Crippen LogP contribution < -0.4 is 0 Å². The molecule has 2 heterocycles. The number of nitrogens with zero attached hydrogens (tertiary/aromatic N) is 2. The zero-order valence-electron chi connectivity index (χ0n) is 11.1. The van der Waals surface area contributed by atoms with Crippen LogP contribution in [0.5, 0.6) is 0 Å². The van der Waals surface area contributed by atoms with Crippen molar-refractivity contribution < 1.29 is 18.3 Å². The molecule has 1 saturated heterocycles. The van der Waals surface area contributed by atoms with E-state index in [4.69, 9.17) is 5.11 Å². The molecule has 106 valence electrons. The lowest BCUT2D eigenvalue weighted by Crippen LogP contribution is -2.28. The van der Waals surface area contributed by atoms with Crippen molar-refractivity contribution in [3.63, 3.8) is 0 Å². The molecule has 1 N–H and O–H groups in total. The molecule has 0 saturated carbocycles. The third kappa shape index (κ3) is 2.97. The zero-order chi connectivity index (χ0) is 14.2. The molecule has 1 unspecified atom stereocenters. The Balaban J connectivity index is 2.33. The van der Waals surface area contributed by atoms with Crippen LogP contribution in [0.2, 0.25) is 0 Å². The van der Waals surface area contributed by atoms with E-state index in [1.165, 1.54) is 0 Å². The van der Waals surface area contributed by atoms with E-state index in [-0.39, 0.29) is 24.0 Å². The molecule has 0 aromatic carbocycles. The summed E-state index contributed by atoms with van der Waals surface area (Å²) in [5, 5.41) is 13.2. The highest BCUT2D eigenvalue weighted by atomic mass is 32.2. The quantitative estimate of drug-likeness (QED) is 0.890. The van der Waals surface area contributed by atoms with E-state index >= 15 is 0 Å². The Hall–Kier alpha value is -1.37. The number of aryl methyl sites for hydroxylation is 1. The Labute approximate surface area is 112 Å². The summed E-state index contributed by atoms with van der Waals surface area (Å²) in [7, 11) is -3.00. The summed E-state index contributed by atoms with van der Waals surface area (Å²) in [5.74, 6) is -0.561. The second-order valence-electron chi connectivity index (χ2n) is 5.07. The first kappa shape index (κ1) is 14.0. The molecule has 19 heavy (non-hydrogen) atoms. The number of carboxylic acids is 1. The van der Waals surface area contributed by atoms with Gasteiger partial charge in [-0.15, -0.1) is 0 Å². The first-order valence-corrected chi connectivity index (χ1v) is 8.09. The maximum Gasteiger partial charge on any atom is 0.307 e. The van der Waals surface area contributed by atoms with E-state index in [0.29, 0.717) is 17.7 Å². The van der Waals surface area contributed by atoms with Gasteiger partial charge in [-0.2, -0.15) is 5.10 Å². The van der Waals surface area contributed by atoms with Gasteiger partial charge in [0.05, 0.1) is 29.7 Å². The van der Waals surface area contributed by atoms with Crippen LogP contribution in [-0.2, 0) is 21.1 Å². The second-order valence-corrected chi connectivity index (χ2v) is 7.30. The molecule has 0 aliphatic carbocycles. The Kier molecular flexibility index (Phi) is 3.66. The predicted molar refractivity (Wildman–Crippen MR) is 70.0 cm³/mol. The molecule has 0 bridgehead atoms. The van der Waals surface area contributed by atoms with Crippen molar-refractivity contribution in [1.29, 1.82) is 0 Å². The fourth-order valence-corrected chi connectivity index (χ4v) is 4.32. The average Bonchev–Trinajstić information content (AvgIpc) is 2.55. The zero-order valence-corrected chi connectivity index (χ0v) is 11.9. The molecule has 0 spiro atoms. The number of carbonyl (C=O) groups is 1. The van der Waals surface area contributed by atoms with Crippen LogP contribution in [0.15, 0.2) is 0 Å². The van der Waals surface area contributed by atoms with Gasteiger partial charge in [0.15, 0.2) is 9.84 Å². The molecular formula is C12H18N2O4S. The molecule has 1 aliphatic rings. The largest absolute Gasteiger partial charge is 0.481 e. The molecule has 6 nitrogen and oxygen atoms in total. The van der Waals surface area contributed by atoms with Gasteiger partial charge in [0.1, 0.15) is 0 Å². The van der Waals surface area contributed by atoms with E-state index in [2.05, 4.69) is 5.10 Å². The third-order valence-corrected chi connectivity index (χ3v) is 5.39. The number of aromatic nitrogens is 2. The fourth-order valence-electron chi connectivity index (χ4n) is 2.65.